The van der Waals surface area contributed by atoms with Crippen molar-refractivity contribution in [2.75, 3.05) is 11.9 Å². The minimum atomic E-state index is -0.516. The highest BCUT2D eigenvalue weighted by atomic mass is 32.1. The second-order valence-corrected chi connectivity index (χ2v) is 8.33. The predicted molar refractivity (Wildman–Crippen MR) is 125 cm³/mol. The first kappa shape index (κ1) is 21.5. The van der Waals surface area contributed by atoms with E-state index in [-0.39, 0.29) is 17.9 Å². The van der Waals surface area contributed by atoms with Crippen LogP contribution >= 0.6 is 11.3 Å². The number of esters is 1. The smallest absolute Gasteiger partial charge is 0.341 e. The molecule has 4 aromatic rings. The molecule has 0 radical (unpaired) electrons. The molecule has 0 unspecified atom stereocenters. The van der Waals surface area contributed by atoms with Crippen LogP contribution in [0.3, 0.4) is 0 Å². The lowest BCUT2D eigenvalue weighted by Crippen LogP contribution is -2.26. The van der Waals surface area contributed by atoms with Gasteiger partial charge < -0.3 is 10.1 Å². The van der Waals surface area contributed by atoms with Crippen molar-refractivity contribution in [2.24, 2.45) is 0 Å². The van der Waals surface area contributed by atoms with E-state index in [1.54, 1.807) is 55.5 Å². The molecule has 4 rings (SSSR count). The third-order valence-electron chi connectivity index (χ3n) is 5.11. The van der Waals surface area contributed by atoms with Crippen molar-refractivity contribution in [1.82, 2.24) is 9.78 Å². The van der Waals surface area contributed by atoms with Crippen molar-refractivity contribution >= 4 is 39.0 Å². The van der Waals surface area contributed by atoms with E-state index in [0.717, 1.165) is 10.4 Å². The molecule has 0 aliphatic carbocycles. The van der Waals surface area contributed by atoms with Gasteiger partial charge in [-0.3, -0.25) is 9.59 Å². The highest BCUT2D eigenvalue weighted by Gasteiger charge is 2.24. The van der Waals surface area contributed by atoms with Crippen LogP contribution in [0.15, 0.2) is 59.4 Å². The van der Waals surface area contributed by atoms with Crippen molar-refractivity contribution in [3.05, 3.63) is 86.6 Å². The zero-order chi connectivity index (χ0) is 22.8. The van der Waals surface area contributed by atoms with Gasteiger partial charge in [0.1, 0.15) is 5.00 Å². The van der Waals surface area contributed by atoms with Gasteiger partial charge in [-0.25, -0.2) is 4.79 Å². The Hall–Kier alpha value is -3.78. The molecule has 0 aliphatic rings. The first-order valence-corrected chi connectivity index (χ1v) is 10.9. The second-order valence-electron chi connectivity index (χ2n) is 7.11. The number of fused-ring (bicyclic) bond motifs is 1. The number of anilines is 1. The topological polar surface area (TPSA) is 90.3 Å². The van der Waals surface area contributed by atoms with Crippen LogP contribution in [-0.4, -0.2) is 28.3 Å². The molecule has 2 aromatic carbocycles. The number of aryl methyl sites for hydroxylation is 1. The lowest BCUT2D eigenvalue weighted by molar-refractivity contribution is 0.0527. The average molecular weight is 448 g/mol. The van der Waals surface area contributed by atoms with Crippen molar-refractivity contribution < 1.29 is 14.3 Å². The third kappa shape index (κ3) is 3.80. The fourth-order valence-corrected chi connectivity index (χ4v) is 4.47. The van der Waals surface area contributed by atoms with E-state index in [9.17, 15) is 14.4 Å². The van der Waals surface area contributed by atoms with E-state index < -0.39 is 11.9 Å². The van der Waals surface area contributed by atoms with Gasteiger partial charge in [-0.15, -0.1) is 11.3 Å². The summed E-state index contributed by atoms with van der Waals surface area (Å²) in [7, 11) is 0. The van der Waals surface area contributed by atoms with Crippen molar-refractivity contribution in [3.8, 4) is 5.69 Å². The molecule has 1 amide bonds. The summed E-state index contributed by atoms with van der Waals surface area (Å²) in [6.45, 7) is 5.65. The van der Waals surface area contributed by atoms with Crippen LogP contribution in [0.4, 0.5) is 5.00 Å². The number of para-hydroxylation sites is 1. The Labute approximate surface area is 188 Å². The number of ether oxygens (including phenoxy) is 1. The maximum Gasteiger partial charge on any atom is 0.341 e. The summed E-state index contributed by atoms with van der Waals surface area (Å²) in [5.41, 5.74) is 1.41. The molecule has 32 heavy (non-hydrogen) atoms. The summed E-state index contributed by atoms with van der Waals surface area (Å²) in [6.07, 6.45) is 0. The van der Waals surface area contributed by atoms with Gasteiger partial charge in [0.2, 0.25) is 0 Å². The number of carbonyl (C=O) groups excluding carboxylic acids is 2. The highest BCUT2D eigenvalue weighted by molar-refractivity contribution is 7.16. The summed E-state index contributed by atoms with van der Waals surface area (Å²) in [4.78, 5) is 39.8. The number of benzene rings is 2. The number of hydrogen-bond donors (Lipinski definition) is 1. The molecular formula is C24H21N3O4S. The van der Waals surface area contributed by atoms with E-state index in [2.05, 4.69) is 10.4 Å². The van der Waals surface area contributed by atoms with Crippen LogP contribution < -0.4 is 10.9 Å². The highest BCUT2D eigenvalue weighted by Crippen LogP contribution is 2.33. The zero-order valence-corrected chi connectivity index (χ0v) is 18.7. The van der Waals surface area contributed by atoms with Gasteiger partial charge in [-0.05, 0) is 44.5 Å². The van der Waals surface area contributed by atoms with Crippen LogP contribution in [-0.2, 0) is 4.74 Å². The second kappa shape index (κ2) is 8.76. The molecule has 0 atom stereocenters. The van der Waals surface area contributed by atoms with E-state index in [0.29, 0.717) is 27.0 Å². The van der Waals surface area contributed by atoms with Crippen molar-refractivity contribution in [1.29, 1.82) is 0 Å². The van der Waals surface area contributed by atoms with Crippen LogP contribution in [0.1, 0.15) is 38.2 Å². The van der Waals surface area contributed by atoms with Crippen LogP contribution in [0.2, 0.25) is 0 Å². The lowest BCUT2D eigenvalue weighted by atomic mass is 10.1. The Morgan fingerprint density at radius 1 is 1.03 bits per heavy atom. The molecule has 2 heterocycles. The van der Waals surface area contributed by atoms with Crippen molar-refractivity contribution in [3.63, 3.8) is 0 Å². The molecule has 0 aliphatic heterocycles. The molecule has 8 heteroatoms. The Morgan fingerprint density at radius 3 is 2.38 bits per heavy atom. The Balaban J connectivity index is 1.84. The number of amides is 1. The maximum absolute atomic E-state index is 13.3. The SMILES string of the molecule is CCOC(=O)c1c(NC(=O)c2nn(-c3ccccc3)c(=O)c3ccccc23)sc(C)c1C. The van der Waals surface area contributed by atoms with Gasteiger partial charge in [0.15, 0.2) is 5.69 Å². The zero-order valence-electron chi connectivity index (χ0n) is 17.8. The number of nitrogens with one attached hydrogen (secondary N) is 1. The molecule has 1 N–H and O–H groups in total. The maximum atomic E-state index is 13.3. The molecule has 0 bridgehead atoms. The largest absolute Gasteiger partial charge is 0.462 e. The average Bonchev–Trinajstić information content (AvgIpc) is 3.07. The molecule has 2 aromatic heterocycles. The number of hydrogen-bond acceptors (Lipinski definition) is 6. The third-order valence-corrected chi connectivity index (χ3v) is 6.24. The van der Waals surface area contributed by atoms with E-state index in [1.807, 2.05) is 19.9 Å². The van der Waals surface area contributed by atoms with Gasteiger partial charge in [0.25, 0.3) is 11.5 Å². The molecule has 0 saturated carbocycles. The van der Waals surface area contributed by atoms with Gasteiger partial charge >= 0.3 is 5.97 Å². The summed E-state index contributed by atoms with van der Waals surface area (Å²) in [5.74, 6) is -1.01. The molecule has 0 spiro atoms. The van der Waals surface area contributed by atoms with E-state index in [4.69, 9.17) is 4.74 Å². The summed E-state index contributed by atoms with van der Waals surface area (Å²) >= 11 is 1.30. The minimum Gasteiger partial charge on any atom is -0.462 e. The molecule has 162 valence electrons. The predicted octanol–water partition coefficient (Wildman–Crippen LogP) is 4.49. The monoisotopic (exact) mass is 447 g/mol. The van der Waals surface area contributed by atoms with Crippen LogP contribution in [0, 0.1) is 13.8 Å². The number of nitrogens with zero attached hydrogens (tertiary/aromatic N) is 2. The Bertz CT molecular complexity index is 1390. The molecule has 0 fully saturated rings. The van der Waals surface area contributed by atoms with Gasteiger partial charge in [0, 0.05) is 10.3 Å². The lowest BCUT2D eigenvalue weighted by Gasteiger charge is -2.11. The van der Waals surface area contributed by atoms with Crippen molar-refractivity contribution in [2.45, 2.75) is 20.8 Å². The fraction of sp³-hybridized carbons (Fsp3) is 0.167. The van der Waals surface area contributed by atoms with E-state index >= 15 is 0 Å². The van der Waals surface area contributed by atoms with E-state index in [1.165, 1.54) is 16.0 Å². The normalized spacial score (nSPS) is 10.8. The van der Waals surface area contributed by atoms with Crippen LogP contribution in [0.25, 0.3) is 16.5 Å². The van der Waals surface area contributed by atoms with Crippen LogP contribution in [0.5, 0.6) is 0 Å². The minimum absolute atomic E-state index is 0.0857. The number of rotatable bonds is 5. The fourth-order valence-electron chi connectivity index (χ4n) is 3.43. The quantitative estimate of drug-likeness (QED) is 0.455. The molecule has 7 nitrogen and oxygen atoms in total. The van der Waals surface area contributed by atoms with Gasteiger partial charge in [-0.2, -0.15) is 9.78 Å². The van der Waals surface area contributed by atoms with Gasteiger partial charge in [-0.1, -0.05) is 36.4 Å². The molecule has 0 saturated heterocycles. The Morgan fingerprint density at radius 2 is 1.69 bits per heavy atom. The molecular weight excluding hydrogens is 426 g/mol. The number of thiophene rings is 1. The number of carbonyl (C=O) groups is 2. The first-order chi connectivity index (χ1) is 15.4. The summed E-state index contributed by atoms with van der Waals surface area (Å²) in [5, 5.41) is 8.41. The number of aromatic nitrogens is 2. The Kier molecular flexibility index (Phi) is 5.87. The summed E-state index contributed by atoms with van der Waals surface area (Å²) < 4.78 is 6.39. The standard InChI is InChI=1S/C24H21N3O4S/c1-4-31-24(30)19-14(2)15(3)32-22(19)25-21(28)20-17-12-8-9-13-18(17)23(29)27(26-20)16-10-6-5-7-11-16/h5-13H,4H2,1-3H3,(H,25,28). The summed E-state index contributed by atoms with van der Waals surface area (Å²) in [6, 6.07) is 15.8. The van der Waals surface area contributed by atoms with Gasteiger partial charge in [0.05, 0.1) is 23.2 Å². The first-order valence-electron chi connectivity index (χ1n) is 10.1.